The van der Waals surface area contributed by atoms with Crippen molar-refractivity contribution in [3.05, 3.63) is 34.1 Å². The van der Waals surface area contributed by atoms with E-state index < -0.39 is 0 Å². The summed E-state index contributed by atoms with van der Waals surface area (Å²) in [6, 6.07) is 4.93. The standard InChI is InChI=1S/C10H11BrFN3/c11-8-5-7(1-2-9(8)12)6-15-4-3-14-10(15)13/h1-2,5H,3-4,6H2,(H2,13,14). The lowest BCUT2D eigenvalue weighted by Crippen LogP contribution is -2.28. The van der Waals surface area contributed by atoms with Gasteiger partial charge in [-0.3, -0.25) is 5.41 Å². The number of benzene rings is 1. The summed E-state index contributed by atoms with van der Waals surface area (Å²) >= 11 is 3.15. The molecule has 15 heavy (non-hydrogen) atoms. The van der Waals surface area contributed by atoms with Gasteiger partial charge in [0, 0.05) is 19.6 Å². The van der Waals surface area contributed by atoms with Crippen LogP contribution in [0.1, 0.15) is 5.56 Å². The van der Waals surface area contributed by atoms with E-state index in [1.165, 1.54) is 6.07 Å². The van der Waals surface area contributed by atoms with Crippen molar-refractivity contribution in [1.29, 1.82) is 5.41 Å². The highest BCUT2D eigenvalue weighted by Gasteiger charge is 2.16. The second kappa shape index (κ2) is 4.18. The normalized spacial score (nSPS) is 15.6. The molecule has 1 aliphatic rings. The van der Waals surface area contributed by atoms with Gasteiger partial charge in [-0.2, -0.15) is 0 Å². The Morgan fingerprint density at radius 3 is 2.93 bits per heavy atom. The molecule has 0 saturated carbocycles. The number of hydrogen-bond donors (Lipinski definition) is 2. The van der Waals surface area contributed by atoms with E-state index in [2.05, 4.69) is 21.2 Å². The Labute approximate surface area is 95.9 Å². The van der Waals surface area contributed by atoms with Crippen LogP contribution in [0, 0.1) is 11.2 Å². The fraction of sp³-hybridized carbons (Fsp3) is 0.300. The van der Waals surface area contributed by atoms with Crippen LogP contribution >= 0.6 is 15.9 Å². The van der Waals surface area contributed by atoms with Crippen LogP contribution in [0.15, 0.2) is 22.7 Å². The summed E-state index contributed by atoms with van der Waals surface area (Å²) in [6.07, 6.45) is 0. The zero-order valence-electron chi connectivity index (χ0n) is 8.06. The lowest BCUT2D eigenvalue weighted by Gasteiger charge is -2.16. The molecule has 1 aliphatic heterocycles. The van der Waals surface area contributed by atoms with Crippen molar-refractivity contribution in [3.63, 3.8) is 0 Å². The van der Waals surface area contributed by atoms with E-state index in [1.807, 2.05) is 4.90 Å². The third kappa shape index (κ3) is 2.28. The molecule has 0 amide bonds. The quantitative estimate of drug-likeness (QED) is 0.863. The summed E-state index contributed by atoms with van der Waals surface area (Å²) < 4.78 is 13.4. The first-order valence-corrected chi connectivity index (χ1v) is 5.47. The van der Waals surface area contributed by atoms with Crippen molar-refractivity contribution >= 4 is 21.9 Å². The van der Waals surface area contributed by atoms with Crippen molar-refractivity contribution in [2.75, 3.05) is 13.1 Å². The molecule has 0 bridgehead atoms. The molecule has 5 heteroatoms. The average Bonchev–Trinajstić information content (AvgIpc) is 2.59. The molecule has 0 aliphatic carbocycles. The molecule has 0 atom stereocenters. The van der Waals surface area contributed by atoms with Crippen LogP contribution in [0.3, 0.4) is 0 Å². The zero-order chi connectivity index (χ0) is 10.8. The Hall–Kier alpha value is -1.10. The van der Waals surface area contributed by atoms with Gasteiger partial charge in [-0.15, -0.1) is 0 Å². The van der Waals surface area contributed by atoms with E-state index in [-0.39, 0.29) is 5.82 Å². The molecule has 2 N–H and O–H groups in total. The highest BCUT2D eigenvalue weighted by atomic mass is 79.9. The predicted octanol–water partition coefficient (Wildman–Crippen LogP) is 1.93. The highest BCUT2D eigenvalue weighted by Crippen LogP contribution is 2.18. The van der Waals surface area contributed by atoms with Gasteiger partial charge >= 0.3 is 0 Å². The maximum atomic E-state index is 13.0. The van der Waals surface area contributed by atoms with E-state index in [4.69, 9.17) is 5.41 Å². The number of guanidine groups is 1. The Morgan fingerprint density at radius 1 is 1.53 bits per heavy atom. The minimum absolute atomic E-state index is 0.256. The summed E-state index contributed by atoms with van der Waals surface area (Å²) in [6.45, 7) is 2.28. The molecule has 0 spiro atoms. The largest absolute Gasteiger partial charge is 0.355 e. The molecular formula is C10H11BrFN3. The molecule has 1 aromatic carbocycles. The van der Waals surface area contributed by atoms with Gasteiger partial charge in [0.05, 0.1) is 4.47 Å². The van der Waals surface area contributed by atoms with Crippen LogP contribution in [0.4, 0.5) is 4.39 Å². The van der Waals surface area contributed by atoms with Crippen molar-refractivity contribution in [3.8, 4) is 0 Å². The van der Waals surface area contributed by atoms with Crippen LogP contribution in [-0.4, -0.2) is 23.9 Å². The van der Waals surface area contributed by atoms with Gasteiger partial charge in [-0.25, -0.2) is 4.39 Å². The van der Waals surface area contributed by atoms with E-state index in [0.29, 0.717) is 17.0 Å². The highest BCUT2D eigenvalue weighted by molar-refractivity contribution is 9.10. The van der Waals surface area contributed by atoms with E-state index in [9.17, 15) is 4.39 Å². The lowest BCUT2D eigenvalue weighted by molar-refractivity contribution is 0.454. The first-order valence-electron chi connectivity index (χ1n) is 4.68. The number of halogens is 2. The van der Waals surface area contributed by atoms with Gasteiger partial charge in [0.25, 0.3) is 0 Å². The van der Waals surface area contributed by atoms with Gasteiger partial charge in [0.15, 0.2) is 5.96 Å². The van der Waals surface area contributed by atoms with E-state index >= 15 is 0 Å². The Balaban J connectivity index is 2.10. The summed E-state index contributed by atoms with van der Waals surface area (Å²) in [5.74, 6) is 0.184. The van der Waals surface area contributed by atoms with Crippen molar-refractivity contribution < 1.29 is 4.39 Å². The average molecular weight is 272 g/mol. The molecule has 0 unspecified atom stereocenters. The Bertz CT molecular complexity index is 394. The van der Waals surface area contributed by atoms with Crippen molar-refractivity contribution in [2.24, 2.45) is 0 Å². The molecule has 1 heterocycles. The van der Waals surface area contributed by atoms with Crippen LogP contribution in [-0.2, 0) is 6.54 Å². The topological polar surface area (TPSA) is 39.1 Å². The molecule has 1 saturated heterocycles. The van der Waals surface area contributed by atoms with Crippen molar-refractivity contribution in [2.45, 2.75) is 6.54 Å². The number of nitrogens with one attached hydrogen (secondary N) is 2. The molecule has 2 rings (SSSR count). The summed E-state index contributed by atoms with van der Waals surface area (Å²) in [5.41, 5.74) is 0.997. The van der Waals surface area contributed by atoms with Crippen LogP contribution < -0.4 is 5.32 Å². The summed E-state index contributed by atoms with van der Waals surface area (Å²) in [4.78, 5) is 1.92. The first-order chi connectivity index (χ1) is 7.16. The van der Waals surface area contributed by atoms with Gasteiger partial charge < -0.3 is 10.2 Å². The van der Waals surface area contributed by atoms with Gasteiger partial charge in [0.2, 0.25) is 0 Å². The second-order valence-corrected chi connectivity index (χ2v) is 4.30. The fourth-order valence-electron chi connectivity index (χ4n) is 1.55. The first kappa shape index (κ1) is 10.4. The molecule has 1 aromatic rings. The van der Waals surface area contributed by atoms with Crippen LogP contribution in [0.5, 0.6) is 0 Å². The maximum Gasteiger partial charge on any atom is 0.191 e. The van der Waals surface area contributed by atoms with E-state index in [1.54, 1.807) is 12.1 Å². The minimum Gasteiger partial charge on any atom is -0.355 e. The van der Waals surface area contributed by atoms with Crippen LogP contribution in [0.2, 0.25) is 0 Å². The second-order valence-electron chi connectivity index (χ2n) is 3.45. The Kier molecular flexibility index (Phi) is 2.90. The van der Waals surface area contributed by atoms with E-state index in [0.717, 1.165) is 18.7 Å². The lowest BCUT2D eigenvalue weighted by atomic mass is 10.2. The third-order valence-electron chi connectivity index (χ3n) is 2.35. The number of nitrogens with zero attached hydrogens (tertiary/aromatic N) is 1. The molecular weight excluding hydrogens is 261 g/mol. The van der Waals surface area contributed by atoms with Crippen molar-refractivity contribution in [1.82, 2.24) is 10.2 Å². The van der Waals surface area contributed by atoms with Crippen LogP contribution in [0.25, 0.3) is 0 Å². The van der Waals surface area contributed by atoms with Gasteiger partial charge in [-0.05, 0) is 33.6 Å². The maximum absolute atomic E-state index is 13.0. The molecule has 0 radical (unpaired) electrons. The molecule has 80 valence electrons. The van der Waals surface area contributed by atoms with Gasteiger partial charge in [0.1, 0.15) is 5.82 Å². The third-order valence-corrected chi connectivity index (χ3v) is 2.96. The Morgan fingerprint density at radius 2 is 2.33 bits per heavy atom. The smallest absolute Gasteiger partial charge is 0.191 e. The number of hydrogen-bond acceptors (Lipinski definition) is 1. The summed E-state index contributed by atoms with van der Waals surface area (Å²) in [5, 5.41) is 10.5. The molecule has 1 fully saturated rings. The minimum atomic E-state index is -0.256. The fourth-order valence-corrected chi connectivity index (χ4v) is 1.98. The predicted molar refractivity (Wildman–Crippen MR) is 60.2 cm³/mol. The summed E-state index contributed by atoms with van der Waals surface area (Å²) in [7, 11) is 0. The molecule has 0 aromatic heterocycles. The SMILES string of the molecule is N=C1NCCN1Cc1ccc(F)c(Br)c1. The molecule has 3 nitrogen and oxygen atoms in total. The zero-order valence-corrected chi connectivity index (χ0v) is 9.64. The number of rotatable bonds is 2. The monoisotopic (exact) mass is 271 g/mol. The van der Waals surface area contributed by atoms with Gasteiger partial charge in [-0.1, -0.05) is 6.07 Å².